The lowest BCUT2D eigenvalue weighted by atomic mass is 10.0. The van der Waals surface area contributed by atoms with Gasteiger partial charge < -0.3 is 9.84 Å². The molecule has 0 aliphatic heterocycles. The van der Waals surface area contributed by atoms with E-state index in [-0.39, 0.29) is 5.75 Å². The standard InChI is InChI=1S/C21H18O3/c1-2-15-3-5-16(6-4-15)17-9-13-20(14-10-17)24-21(23)18-7-11-19(22)12-8-18/h3-14,22H,2H2,1H3. The van der Waals surface area contributed by atoms with Crippen molar-refractivity contribution in [3.63, 3.8) is 0 Å². The van der Waals surface area contributed by atoms with Gasteiger partial charge in [-0.15, -0.1) is 0 Å². The number of phenols is 1. The van der Waals surface area contributed by atoms with Crippen molar-refractivity contribution in [2.24, 2.45) is 0 Å². The Balaban J connectivity index is 1.71. The molecule has 3 aromatic carbocycles. The Bertz CT molecular complexity index is 816. The van der Waals surface area contributed by atoms with E-state index in [0.29, 0.717) is 11.3 Å². The van der Waals surface area contributed by atoms with E-state index in [1.807, 2.05) is 12.1 Å². The van der Waals surface area contributed by atoms with Crippen molar-refractivity contribution in [3.05, 3.63) is 83.9 Å². The molecule has 3 rings (SSSR count). The van der Waals surface area contributed by atoms with Crippen molar-refractivity contribution >= 4 is 5.97 Å². The van der Waals surface area contributed by atoms with Crippen LogP contribution >= 0.6 is 0 Å². The van der Waals surface area contributed by atoms with E-state index >= 15 is 0 Å². The lowest BCUT2D eigenvalue weighted by Gasteiger charge is -2.07. The summed E-state index contributed by atoms with van der Waals surface area (Å²) in [5, 5.41) is 9.25. The summed E-state index contributed by atoms with van der Waals surface area (Å²) in [4.78, 5) is 12.0. The zero-order chi connectivity index (χ0) is 16.9. The van der Waals surface area contributed by atoms with Crippen LogP contribution in [0, 0.1) is 0 Å². The maximum Gasteiger partial charge on any atom is 0.343 e. The van der Waals surface area contributed by atoms with E-state index in [2.05, 4.69) is 31.2 Å². The number of carbonyl (C=O) groups is 1. The predicted octanol–water partition coefficient (Wildman–Crippen LogP) is 4.84. The van der Waals surface area contributed by atoms with Crippen molar-refractivity contribution in [1.29, 1.82) is 0 Å². The lowest BCUT2D eigenvalue weighted by Crippen LogP contribution is -2.07. The maximum absolute atomic E-state index is 12.0. The summed E-state index contributed by atoms with van der Waals surface area (Å²) in [5.41, 5.74) is 3.90. The minimum atomic E-state index is -0.449. The predicted molar refractivity (Wildman–Crippen MR) is 94.3 cm³/mol. The second-order valence-electron chi connectivity index (χ2n) is 5.51. The molecule has 0 bridgehead atoms. The highest BCUT2D eigenvalue weighted by Gasteiger charge is 2.08. The van der Waals surface area contributed by atoms with Crippen LogP contribution < -0.4 is 4.74 Å². The second-order valence-corrected chi connectivity index (χ2v) is 5.51. The van der Waals surface area contributed by atoms with Crippen LogP contribution in [0.2, 0.25) is 0 Å². The fraction of sp³-hybridized carbons (Fsp3) is 0.0952. The van der Waals surface area contributed by atoms with E-state index in [4.69, 9.17) is 4.74 Å². The molecule has 1 N–H and O–H groups in total. The van der Waals surface area contributed by atoms with Crippen LogP contribution in [0.15, 0.2) is 72.8 Å². The van der Waals surface area contributed by atoms with Crippen molar-refractivity contribution in [2.75, 3.05) is 0 Å². The molecule has 3 aromatic rings. The van der Waals surface area contributed by atoms with Crippen molar-refractivity contribution in [1.82, 2.24) is 0 Å². The Hall–Kier alpha value is -3.07. The smallest absolute Gasteiger partial charge is 0.343 e. The summed E-state index contributed by atoms with van der Waals surface area (Å²) in [7, 11) is 0. The van der Waals surface area contributed by atoms with Gasteiger partial charge in [0.15, 0.2) is 0 Å². The van der Waals surface area contributed by atoms with Crippen LogP contribution in [0.1, 0.15) is 22.8 Å². The van der Waals surface area contributed by atoms with E-state index in [0.717, 1.165) is 17.5 Å². The van der Waals surface area contributed by atoms with Crippen LogP contribution in [-0.2, 0) is 6.42 Å². The minimum absolute atomic E-state index is 0.116. The van der Waals surface area contributed by atoms with Gasteiger partial charge in [0, 0.05) is 0 Å². The highest BCUT2D eigenvalue weighted by atomic mass is 16.5. The summed E-state index contributed by atoms with van der Waals surface area (Å²) >= 11 is 0. The van der Waals surface area contributed by atoms with Crippen LogP contribution in [0.4, 0.5) is 0 Å². The van der Waals surface area contributed by atoms with Crippen LogP contribution in [0.25, 0.3) is 11.1 Å². The summed E-state index contributed by atoms with van der Waals surface area (Å²) in [6.45, 7) is 2.13. The molecule has 0 unspecified atom stereocenters. The first-order valence-corrected chi connectivity index (χ1v) is 7.86. The van der Waals surface area contributed by atoms with Crippen LogP contribution in [0.3, 0.4) is 0 Å². The van der Waals surface area contributed by atoms with Gasteiger partial charge in [0.1, 0.15) is 11.5 Å². The number of aromatic hydroxyl groups is 1. The summed E-state index contributed by atoms with van der Waals surface area (Å²) < 4.78 is 5.35. The Morgan fingerprint density at radius 1 is 0.833 bits per heavy atom. The first kappa shape index (κ1) is 15.8. The van der Waals surface area contributed by atoms with Crippen LogP contribution in [0.5, 0.6) is 11.5 Å². The molecule has 0 atom stereocenters. The summed E-state index contributed by atoms with van der Waals surface area (Å²) in [6, 6.07) is 21.8. The number of rotatable bonds is 4. The van der Waals surface area contributed by atoms with Gasteiger partial charge in [-0.05, 0) is 59.5 Å². The van der Waals surface area contributed by atoms with Gasteiger partial charge in [-0.2, -0.15) is 0 Å². The minimum Gasteiger partial charge on any atom is -0.508 e. The maximum atomic E-state index is 12.0. The lowest BCUT2D eigenvalue weighted by molar-refractivity contribution is 0.0735. The summed E-state index contributed by atoms with van der Waals surface area (Å²) in [6.07, 6.45) is 1.02. The largest absolute Gasteiger partial charge is 0.508 e. The number of benzene rings is 3. The Morgan fingerprint density at radius 3 is 1.92 bits per heavy atom. The van der Waals surface area contributed by atoms with E-state index in [1.54, 1.807) is 12.1 Å². The highest BCUT2D eigenvalue weighted by Crippen LogP contribution is 2.23. The molecule has 0 aliphatic carbocycles. The number of phenolic OH excluding ortho intramolecular Hbond substituents is 1. The molecule has 3 nitrogen and oxygen atoms in total. The third kappa shape index (κ3) is 3.63. The van der Waals surface area contributed by atoms with Gasteiger partial charge in [0.25, 0.3) is 0 Å². The number of esters is 1. The molecule has 0 fully saturated rings. The molecule has 0 saturated heterocycles. The van der Waals surface area contributed by atoms with Gasteiger partial charge in [0.05, 0.1) is 5.56 Å². The number of hydrogen-bond donors (Lipinski definition) is 1. The van der Waals surface area contributed by atoms with Crippen molar-refractivity contribution in [3.8, 4) is 22.6 Å². The fourth-order valence-electron chi connectivity index (χ4n) is 2.41. The van der Waals surface area contributed by atoms with Gasteiger partial charge in [-0.1, -0.05) is 43.3 Å². The van der Waals surface area contributed by atoms with Gasteiger partial charge in [0.2, 0.25) is 0 Å². The number of hydrogen-bond acceptors (Lipinski definition) is 3. The fourth-order valence-corrected chi connectivity index (χ4v) is 2.41. The number of ether oxygens (including phenoxy) is 1. The quantitative estimate of drug-likeness (QED) is 0.553. The third-order valence-electron chi connectivity index (χ3n) is 3.86. The van der Waals surface area contributed by atoms with Gasteiger partial charge >= 0.3 is 5.97 Å². The second kappa shape index (κ2) is 7.01. The van der Waals surface area contributed by atoms with E-state index in [1.165, 1.54) is 29.8 Å². The van der Waals surface area contributed by atoms with Crippen molar-refractivity contribution < 1.29 is 14.6 Å². The molecule has 0 aliphatic rings. The first-order chi connectivity index (χ1) is 11.7. The molecule has 0 heterocycles. The Kier molecular flexibility index (Phi) is 4.62. The average Bonchev–Trinajstić information content (AvgIpc) is 2.63. The SMILES string of the molecule is CCc1ccc(-c2ccc(OC(=O)c3ccc(O)cc3)cc2)cc1. The monoisotopic (exact) mass is 318 g/mol. The Morgan fingerprint density at radius 2 is 1.38 bits per heavy atom. The molecule has 0 amide bonds. The number of carbonyl (C=O) groups excluding carboxylic acids is 1. The molecule has 0 aromatic heterocycles. The first-order valence-electron chi connectivity index (χ1n) is 7.86. The molecule has 0 saturated carbocycles. The van der Waals surface area contributed by atoms with Gasteiger partial charge in [-0.25, -0.2) is 4.79 Å². The topological polar surface area (TPSA) is 46.5 Å². The zero-order valence-corrected chi connectivity index (χ0v) is 13.4. The zero-order valence-electron chi connectivity index (χ0n) is 13.4. The van der Waals surface area contributed by atoms with Crippen LogP contribution in [-0.4, -0.2) is 11.1 Å². The molecule has 0 radical (unpaired) electrons. The van der Waals surface area contributed by atoms with Gasteiger partial charge in [-0.3, -0.25) is 0 Å². The molecular formula is C21H18O3. The highest BCUT2D eigenvalue weighted by molar-refractivity contribution is 5.91. The average molecular weight is 318 g/mol. The van der Waals surface area contributed by atoms with Crippen molar-refractivity contribution in [2.45, 2.75) is 13.3 Å². The Labute approximate surface area is 141 Å². The van der Waals surface area contributed by atoms with E-state index < -0.39 is 5.97 Å². The molecule has 3 heteroatoms. The normalized spacial score (nSPS) is 10.4. The number of aryl methyl sites for hydroxylation is 1. The molecule has 120 valence electrons. The van der Waals surface area contributed by atoms with E-state index in [9.17, 15) is 9.90 Å². The molecule has 0 spiro atoms. The molecule has 24 heavy (non-hydrogen) atoms. The molecular weight excluding hydrogens is 300 g/mol. The third-order valence-corrected chi connectivity index (χ3v) is 3.86. The summed E-state index contributed by atoms with van der Waals surface area (Å²) in [5.74, 6) is 0.155.